The zero-order valence-electron chi connectivity index (χ0n) is 19.5. The molecule has 4 rings (SSSR count). The summed E-state index contributed by atoms with van der Waals surface area (Å²) in [7, 11) is 0. The van der Waals surface area contributed by atoms with Crippen LogP contribution in [-0.4, -0.2) is 29.6 Å². The molecule has 0 atom stereocenters. The molecule has 2 N–H and O–H groups in total. The Morgan fingerprint density at radius 2 is 1.72 bits per heavy atom. The van der Waals surface area contributed by atoms with E-state index in [4.69, 9.17) is 9.47 Å². The van der Waals surface area contributed by atoms with Crippen molar-refractivity contribution in [1.82, 2.24) is 4.98 Å². The van der Waals surface area contributed by atoms with Gasteiger partial charge >= 0.3 is 6.03 Å². The number of carbonyl (C=O) groups is 1. The number of nitrogens with zero attached hydrogens (tertiary/aromatic N) is 2. The van der Waals surface area contributed by atoms with Gasteiger partial charge < -0.3 is 20.1 Å². The van der Waals surface area contributed by atoms with Crippen LogP contribution < -0.4 is 20.1 Å². The summed E-state index contributed by atoms with van der Waals surface area (Å²) in [6, 6.07) is 19.3. The Morgan fingerprint density at radius 1 is 1.03 bits per heavy atom. The van der Waals surface area contributed by atoms with E-state index in [1.807, 2.05) is 6.26 Å². The molecule has 0 aliphatic rings. The van der Waals surface area contributed by atoms with Gasteiger partial charge in [0.1, 0.15) is 29.1 Å². The molecular formula is C27H23FN4O3S. The number of hydrogen-bond donors (Lipinski definition) is 2. The van der Waals surface area contributed by atoms with Gasteiger partial charge in [-0.05, 0) is 79.1 Å². The zero-order chi connectivity index (χ0) is 25.3. The Balaban J connectivity index is 1.44. The fourth-order valence-corrected chi connectivity index (χ4v) is 3.80. The number of nitriles is 1. The summed E-state index contributed by atoms with van der Waals surface area (Å²) in [5.74, 6) is 2.20. The second-order valence-electron chi connectivity index (χ2n) is 7.69. The molecule has 3 aromatic carbocycles. The van der Waals surface area contributed by atoms with Gasteiger partial charge in [0, 0.05) is 29.0 Å². The van der Waals surface area contributed by atoms with Crippen molar-refractivity contribution >= 4 is 40.1 Å². The lowest BCUT2D eigenvalue weighted by molar-refractivity contribution is 0.262. The van der Waals surface area contributed by atoms with Crippen molar-refractivity contribution in [3.05, 3.63) is 84.3 Å². The van der Waals surface area contributed by atoms with Crippen molar-refractivity contribution in [1.29, 1.82) is 5.26 Å². The highest BCUT2D eigenvalue weighted by Gasteiger charge is 2.12. The monoisotopic (exact) mass is 502 g/mol. The number of benzene rings is 3. The molecule has 0 aliphatic heterocycles. The lowest BCUT2D eigenvalue weighted by atomic mass is 10.1. The molecule has 0 radical (unpaired) electrons. The first-order valence-electron chi connectivity index (χ1n) is 11.1. The summed E-state index contributed by atoms with van der Waals surface area (Å²) in [5.41, 5.74) is 2.10. The Kier molecular flexibility index (Phi) is 8.21. The first-order chi connectivity index (χ1) is 17.6. The highest BCUT2D eigenvalue weighted by molar-refractivity contribution is 7.98. The predicted octanol–water partition coefficient (Wildman–Crippen LogP) is 6.81. The predicted molar refractivity (Wildman–Crippen MR) is 141 cm³/mol. The summed E-state index contributed by atoms with van der Waals surface area (Å²) < 4.78 is 24.9. The maximum absolute atomic E-state index is 13.0. The summed E-state index contributed by atoms with van der Waals surface area (Å²) >= 11 is 1.75. The number of halogens is 1. The van der Waals surface area contributed by atoms with Crippen LogP contribution in [0.3, 0.4) is 0 Å². The van der Waals surface area contributed by atoms with E-state index in [9.17, 15) is 14.4 Å². The first kappa shape index (κ1) is 24.8. The number of amides is 2. The number of hydrogen-bond acceptors (Lipinski definition) is 6. The number of anilines is 2. The Hall–Kier alpha value is -4.29. The summed E-state index contributed by atoms with van der Waals surface area (Å²) in [6.07, 6.45) is 4.56. The number of carbonyl (C=O) groups excluding carboxylic acids is 1. The number of nitrogens with one attached hydrogen (secondary N) is 2. The molecule has 36 heavy (non-hydrogen) atoms. The van der Waals surface area contributed by atoms with E-state index in [0.717, 1.165) is 12.2 Å². The van der Waals surface area contributed by atoms with Gasteiger partial charge in [0.15, 0.2) is 0 Å². The lowest BCUT2D eigenvalue weighted by Gasteiger charge is -2.12. The van der Waals surface area contributed by atoms with Gasteiger partial charge in [0.2, 0.25) is 0 Å². The van der Waals surface area contributed by atoms with E-state index in [-0.39, 0.29) is 5.82 Å². The van der Waals surface area contributed by atoms with E-state index >= 15 is 0 Å². The second kappa shape index (κ2) is 11.9. The van der Waals surface area contributed by atoms with Crippen molar-refractivity contribution in [2.24, 2.45) is 0 Å². The molecule has 0 saturated carbocycles. The van der Waals surface area contributed by atoms with Crippen molar-refractivity contribution in [2.45, 2.75) is 6.42 Å². The van der Waals surface area contributed by atoms with Crippen molar-refractivity contribution in [3.8, 4) is 23.3 Å². The Morgan fingerprint density at radius 3 is 2.39 bits per heavy atom. The van der Waals surface area contributed by atoms with Crippen molar-refractivity contribution < 1.29 is 18.7 Å². The van der Waals surface area contributed by atoms with Crippen LogP contribution in [0.25, 0.3) is 10.9 Å². The molecule has 7 nitrogen and oxygen atoms in total. The third-order valence-electron chi connectivity index (χ3n) is 5.12. The molecule has 1 aromatic heterocycles. The van der Waals surface area contributed by atoms with Gasteiger partial charge in [0.05, 0.1) is 17.7 Å². The van der Waals surface area contributed by atoms with Gasteiger partial charge in [-0.15, -0.1) is 0 Å². The van der Waals surface area contributed by atoms with E-state index < -0.39 is 6.03 Å². The van der Waals surface area contributed by atoms with Crippen LogP contribution in [0.5, 0.6) is 17.2 Å². The maximum atomic E-state index is 13.0. The van der Waals surface area contributed by atoms with Gasteiger partial charge in [-0.1, -0.05) is 0 Å². The van der Waals surface area contributed by atoms with Crippen molar-refractivity contribution in [3.63, 3.8) is 0 Å². The zero-order valence-corrected chi connectivity index (χ0v) is 20.3. The van der Waals surface area contributed by atoms with Gasteiger partial charge in [-0.25, -0.2) is 9.18 Å². The minimum Gasteiger partial charge on any atom is -0.492 e. The minimum absolute atomic E-state index is 0.377. The minimum atomic E-state index is -0.453. The van der Waals surface area contributed by atoms with Crippen LogP contribution in [0.15, 0.2) is 72.9 Å². The first-order valence-corrected chi connectivity index (χ1v) is 12.5. The van der Waals surface area contributed by atoms with Gasteiger partial charge in [0.25, 0.3) is 0 Å². The summed E-state index contributed by atoms with van der Waals surface area (Å²) in [6.45, 7) is 0.527. The number of thioether (sulfide) groups is 1. The largest absolute Gasteiger partial charge is 0.492 e. The average Bonchev–Trinajstić information content (AvgIpc) is 2.89. The third-order valence-corrected chi connectivity index (χ3v) is 5.81. The molecule has 1 heterocycles. The Labute approximate surface area is 212 Å². The van der Waals surface area contributed by atoms with E-state index in [0.29, 0.717) is 51.7 Å². The van der Waals surface area contributed by atoms with E-state index in [1.165, 1.54) is 24.3 Å². The van der Waals surface area contributed by atoms with Crippen LogP contribution in [-0.2, 0) is 0 Å². The fourth-order valence-electron chi connectivity index (χ4n) is 3.39. The van der Waals surface area contributed by atoms with E-state index in [2.05, 4.69) is 21.7 Å². The SMILES string of the molecule is CSCCCOc1cc2nccc(Oc3ccc(NC(=O)Nc4ccc(F)cc4)cc3)c2cc1C#N. The second-order valence-corrected chi connectivity index (χ2v) is 8.68. The summed E-state index contributed by atoms with van der Waals surface area (Å²) in [5, 5.41) is 15.6. The quantitative estimate of drug-likeness (QED) is 0.244. The molecule has 0 unspecified atom stereocenters. The molecule has 0 fully saturated rings. The molecule has 4 aromatic rings. The van der Waals surface area contributed by atoms with Crippen molar-refractivity contribution in [2.75, 3.05) is 29.2 Å². The molecule has 0 bridgehead atoms. The summed E-state index contributed by atoms with van der Waals surface area (Å²) in [4.78, 5) is 16.6. The van der Waals surface area contributed by atoms with Crippen LogP contribution >= 0.6 is 11.8 Å². The van der Waals surface area contributed by atoms with Gasteiger partial charge in [-0.3, -0.25) is 4.98 Å². The molecule has 182 valence electrons. The highest BCUT2D eigenvalue weighted by Crippen LogP contribution is 2.33. The topological polar surface area (TPSA) is 96.3 Å². The Bertz CT molecular complexity index is 1390. The number of urea groups is 1. The molecule has 0 saturated heterocycles. The number of ether oxygens (including phenoxy) is 2. The smallest absolute Gasteiger partial charge is 0.323 e. The third kappa shape index (κ3) is 6.43. The normalized spacial score (nSPS) is 10.5. The maximum Gasteiger partial charge on any atom is 0.323 e. The van der Waals surface area contributed by atoms with Crippen LogP contribution in [0, 0.1) is 17.1 Å². The van der Waals surface area contributed by atoms with Crippen LogP contribution in [0.4, 0.5) is 20.6 Å². The highest BCUT2D eigenvalue weighted by atomic mass is 32.2. The standard InChI is InChI=1S/C27H23FN4O3S/c1-36-14-2-13-34-26-16-24-23(15-18(26)17-29)25(11-12-30-24)35-22-9-7-21(8-10-22)32-27(33)31-20-5-3-19(28)4-6-20/h3-12,15-16H,2,13-14H2,1H3,(H2,31,32,33). The van der Waals surface area contributed by atoms with Crippen LogP contribution in [0.1, 0.15) is 12.0 Å². The molecule has 9 heteroatoms. The number of pyridine rings is 1. The fraction of sp³-hybridized carbons (Fsp3) is 0.148. The molecule has 0 aliphatic carbocycles. The number of aromatic nitrogens is 1. The molecule has 2 amide bonds. The molecular weight excluding hydrogens is 479 g/mol. The van der Waals surface area contributed by atoms with Crippen LogP contribution in [0.2, 0.25) is 0 Å². The average molecular weight is 503 g/mol. The van der Waals surface area contributed by atoms with E-state index in [1.54, 1.807) is 60.4 Å². The number of rotatable bonds is 9. The number of fused-ring (bicyclic) bond motifs is 1. The van der Waals surface area contributed by atoms with Gasteiger partial charge in [-0.2, -0.15) is 17.0 Å². The molecule has 0 spiro atoms. The lowest BCUT2D eigenvalue weighted by Crippen LogP contribution is -2.19.